The molecular formula is C23H36N8O6. The maximum atomic E-state index is 12.8. The second-order valence-electron chi connectivity index (χ2n) is 8.44. The van der Waals surface area contributed by atoms with Crippen molar-refractivity contribution in [2.45, 2.75) is 63.2 Å². The fraction of sp³-hybridized carbons (Fsp3) is 0.478. The third kappa shape index (κ3) is 12.4. The fourth-order valence-electron chi connectivity index (χ4n) is 3.23. The number of carbonyl (C=O) groups is 5. The molecule has 14 nitrogen and oxygen atoms in total. The van der Waals surface area contributed by atoms with Gasteiger partial charge in [0.2, 0.25) is 23.6 Å². The number of carbonyl (C=O) groups excluding carboxylic acids is 4. The molecule has 0 bridgehead atoms. The van der Waals surface area contributed by atoms with E-state index in [1.807, 2.05) is 30.3 Å². The number of carboxylic acid groups (broad SMARTS) is 1. The summed E-state index contributed by atoms with van der Waals surface area (Å²) in [6, 6.07) is 4.53. The van der Waals surface area contributed by atoms with Gasteiger partial charge in [0.1, 0.15) is 18.1 Å². The SMILES string of the molecule is CC(NC(=O)C(N)Cc1ccccc1)C(=O)NC(CCC(N)=O)C(=O)NC(CCCN=C(N)N)C(=O)O. The summed E-state index contributed by atoms with van der Waals surface area (Å²) in [4.78, 5) is 64.5. The standard InChI is InChI=1S/C23H36N8O6/c1-13(29-20(34)15(24)12-14-6-3-2-4-7-14)19(33)30-16(9-10-18(25)32)21(35)31-17(22(36)37)8-5-11-28-23(26)27/h2-4,6-7,13,15-17H,5,8-12,24H2,1H3,(H2,25,32)(H,29,34)(H,30,33)(H,31,35)(H,36,37)(H4,26,27,28). The first kappa shape index (κ1) is 30.8. The Morgan fingerprint density at radius 3 is 2.08 bits per heavy atom. The number of benzene rings is 1. The maximum absolute atomic E-state index is 12.8. The van der Waals surface area contributed by atoms with Crippen molar-refractivity contribution in [1.29, 1.82) is 0 Å². The number of nitrogens with two attached hydrogens (primary N) is 4. The van der Waals surface area contributed by atoms with Gasteiger partial charge < -0.3 is 44.0 Å². The zero-order chi connectivity index (χ0) is 28.0. The third-order valence-electron chi connectivity index (χ3n) is 5.26. The molecule has 1 rings (SSSR count). The zero-order valence-electron chi connectivity index (χ0n) is 20.7. The molecule has 0 saturated carbocycles. The highest BCUT2D eigenvalue weighted by molar-refractivity contribution is 5.94. The Bertz CT molecular complexity index is 967. The van der Waals surface area contributed by atoms with Crippen LogP contribution in [0.1, 0.15) is 38.2 Å². The molecule has 1 aromatic rings. The lowest BCUT2D eigenvalue weighted by molar-refractivity contribution is -0.142. The molecule has 14 heteroatoms. The van der Waals surface area contributed by atoms with Crippen molar-refractivity contribution in [3.8, 4) is 0 Å². The second-order valence-corrected chi connectivity index (χ2v) is 8.44. The first-order valence-electron chi connectivity index (χ1n) is 11.7. The van der Waals surface area contributed by atoms with Crippen molar-refractivity contribution in [3.63, 3.8) is 0 Å². The zero-order valence-corrected chi connectivity index (χ0v) is 20.7. The Balaban J connectivity index is 2.77. The van der Waals surface area contributed by atoms with Crippen LogP contribution in [0.4, 0.5) is 0 Å². The monoisotopic (exact) mass is 520 g/mol. The lowest BCUT2D eigenvalue weighted by Crippen LogP contribution is -2.56. The number of amides is 4. The molecule has 0 heterocycles. The Kier molecular flexibility index (Phi) is 13.1. The summed E-state index contributed by atoms with van der Waals surface area (Å²) in [6.07, 6.45) is 0.106. The molecule has 0 aliphatic carbocycles. The van der Waals surface area contributed by atoms with E-state index in [0.717, 1.165) is 5.56 Å². The first-order chi connectivity index (χ1) is 17.4. The number of hydrogen-bond acceptors (Lipinski definition) is 7. The van der Waals surface area contributed by atoms with Gasteiger partial charge in [0, 0.05) is 13.0 Å². The van der Waals surface area contributed by atoms with Crippen molar-refractivity contribution in [2.75, 3.05) is 6.54 Å². The maximum Gasteiger partial charge on any atom is 0.326 e. The van der Waals surface area contributed by atoms with E-state index in [2.05, 4.69) is 20.9 Å². The topological polar surface area (TPSA) is 258 Å². The van der Waals surface area contributed by atoms with Crippen molar-refractivity contribution in [3.05, 3.63) is 35.9 Å². The van der Waals surface area contributed by atoms with E-state index < -0.39 is 53.8 Å². The van der Waals surface area contributed by atoms with Crippen LogP contribution in [-0.4, -0.2) is 71.4 Å². The molecule has 0 saturated heterocycles. The number of nitrogens with zero attached hydrogens (tertiary/aromatic N) is 1. The van der Waals surface area contributed by atoms with Gasteiger partial charge in [0.25, 0.3) is 0 Å². The van der Waals surface area contributed by atoms with Gasteiger partial charge >= 0.3 is 5.97 Å². The molecule has 1 aromatic carbocycles. The van der Waals surface area contributed by atoms with Gasteiger partial charge in [0.15, 0.2) is 5.96 Å². The van der Waals surface area contributed by atoms with E-state index in [1.54, 1.807) is 0 Å². The minimum atomic E-state index is -1.30. The van der Waals surface area contributed by atoms with Crippen LogP contribution in [0.3, 0.4) is 0 Å². The van der Waals surface area contributed by atoms with Crippen LogP contribution >= 0.6 is 0 Å². The summed E-state index contributed by atoms with van der Waals surface area (Å²) in [5.74, 6) is -4.30. The lowest BCUT2D eigenvalue weighted by atomic mass is 10.1. The number of aliphatic carboxylic acids is 1. The number of aliphatic imine (C=N–C) groups is 1. The van der Waals surface area contributed by atoms with Crippen molar-refractivity contribution < 1.29 is 29.1 Å². The Hall–Kier alpha value is -4.20. The van der Waals surface area contributed by atoms with E-state index in [0.29, 0.717) is 0 Å². The van der Waals surface area contributed by atoms with Gasteiger partial charge in [-0.05, 0) is 38.2 Å². The van der Waals surface area contributed by atoms with Gasteiger partial charge in [-0.3, -0.25) is 24.2 Å². The van der Waals surface area contributed by atoms with Gasteiger partial charge in [-0.1, -0.05) is 30.3 Å². The fourth-order valence-corrected chi connectivity index (χ4v) is 3.23. The van der Waals surface area contributed by atoms with Crippen molar-refractivity contribution >= 4 is 35.6 Å². The summed E-state index contributed by atoms with van der Waals surface area (Å²) in [7, 11) is 0. The van der Waals surface area contributed by atoms with E-state index in [-0.39, 0.29) is 44.6 Å². The normalized spacial score (nSPS) is 13.8. The Morgan fingerprint density at radius 1 is 0.892 bits per heavy atom. The molecule has 37 heavy (non-hydrogen) atoms. The average Bonchev–Trinajstić information content (AvgIpc) is 2.83. The predicted octanol–water partition coefficient (Wildman–Crippen LogP) is -2.57. The van der Waals surface area contributed by atoms with Crippen LogP contribution in [0.5, 0.6) is 0 Å². The third-order valence-corrected chi connectivity index (χ3v) is 5.26. The van der Waals surface area contributed by atoms with Crippen LogP contribution in [-0.2, 0) is 30.4 Å². The van der Waals surface area contributed by atoms with Crippen molar-refractivity contribution in [2.24, 2.45) is 27.9 Å². The van der Waals surface area contributed by atoms with Crippen LogP contribution in [0.2, 0.25) is 0 Å². The second kappa shape index (κ2) is 15.7. The molecule has 4 atom stereocenters. The number of guanidine groups is 1. The van der Waals surface area contributed by atoms with Gasteiger partial charge in [-0.25, -0.2) is 4.79 Å². The number of hydrogen-bond donors (Lipinski definition) is 8. The highest BCUT2D eigenvalue weighted by atomic mass is 16.4. The van der Waals surface area contributed by atoms with E-state index in [1.165, 1.54) is 6.92 Å². The van der Waals surface area contributed by atoms with Gasteiger partial charge in [-0.2, -0.15) is 0 Å². The highest BCUT2D eigenvalue weighted by Gasteiger charge is 2.29. The minimum Gasteiger partial charge on any atom is -0.480 e. The predicted molar refractivity (Wildman–Crippen MR) is 136 cm³/mol. The molecular weight excluding hydrogens is 484 g/mol. The van der Waals surface area contributed by atoms with Crippen LogP contribution in [0.15, 0.2) is 35.3 Å². The summed E-state index contributed by atoms with van der Waals surface area (Å²) in [6.45, 7) is 1.56. The van der Waals surface area contributed by atoms with E-state index in [9.17, 15) is 29.1 Å². The molecule has 0 radical (unpaired) electrons. The van der Waals surface area contributed by atoms with Crippen LogP contribution in [0.25, 0.3) is 0 Å². The summed E-state index contributed by atoms with van der Waals surface area (Å²) in [5, 5.41) is 16.7. The Labute approximate surface area is 214 Å². The highest BCUT2D eigenvalue weighted by Crippen LogP contribution is 2.05. The molecule has 0 spiro atoms. The van der Waals surface area contributed by atoms with Crippen molar-refractivity contribution in [1.82, 2.24) is 16.0 Å². The molecule has 4 unspecified atom stereocenters. The summed E-state index contributed by atoms with van der Waals surface area (Å²) >= 11 is 0. The lowest BCUT2D eigenvalue weighted by Gasteiger charge is -2.23. The minimum absolute atomic E-state index is 0.0140. The summed E-state index contributed by atoms with van der Waals surface area (Å²) in [5.41, 5.74) is 22.4. The quantitative estimate of drug-likeness (QED) is 0.0646. The molecule has 4 amide bonds. The van der Waals surface area contributed by atoms with Gasteiger partial charge in [0.05, 0.1) is 6.04 Å². The summed E-state index contributed by atoms with van der Waals surface area (Å²) < 4.78 is 0. The molecule has 0 aliphatic rings. The molecule has 0 fully saturated rings. The smallest absolute Gasteiger partial charge is 0.326 e. The molecule has 204 valence electrons. The number of carboxylic acids is 1. The largest absolute Gasteiger partial charge is 0.480 e. The Morgan fingerprint density at radius 2 is 1.51 bits per heavy atom. The number of primary amides is 1. The van der Waals surface area contributed by atoms with Crippen LogP contribution < -0.4 is 38.9 Å². The molecule has 0 aromatic heterocycles. The number of nitrogens with one attached hydrogen (secondary N) is 3. The molecule has 12 N–H and O–H groups in total. The first-order valence-corrected chi connectivity index (χ1v) is 11.7. The van der Waals surface area contributed by atoms with Crippen LogP contribution in [0, 0.1) is 0 Å². The molecule has 0 aliphatic heterocycles. The van der Waals surface area contributed by atoms with E-state index >= 15 is 0 Å². The number of rotatable bonds is 16. The average molecular weight is 521 g/mol. The van der Waals surface area contributed by atoms with E-state index in [4.69, 9.17) is 22.9 Å². The van der Waals surface area contributed by atoms with Gasteiger partial charge in [-0.15, -0.1) is 0 Å².